The molecule has 0 saturated heterocycles. The molecule has 1 fully saturated rings. The number of benzene rings is 3. The van der Waals surface area contributed by atoms with Gasteiger partial charge in [-0.2, -0.15) is 5.26 Å². The van der Waals surface area contributed by atoms with Crippen molar-refractivity contribution in [2.75, 3.05) is 0 Å². The molecule has 3 aromatic carbocycles. The van der Waals surface area contributed by atoms with Gasteiger partial charge in [-0.3, -0.25) is 0 Å². The molecule has 0 amide bonds. The number of hydrogen-bond acceptors (Lipinski definition) is 1. The van der Waals surface area contributed by atoms with Crippen molar-refractivity contribution in [1.29, 1.82) is 5.26 Å². The molecule has 0 spiro atoms. The summed E-state index contributed by atoms with van der Waals surface area (Å²) in [4.78, 5) is 0. The van der Waals surface area contributed by atoms with Crippen molar-refractivity contribution in [3.8, 4) is 28.3 Å². The van der Waals surface area contributed by atoms with Crippen LogP contribution in [0, 0.1) is 23.0 Å². The Bertz CT molecular complexity index is 992. The van der Waals surface area contributed by atoms with Gasteiger partial charge in [-0.05, 0) is 47.6 Å². The predicted molar refractivity (Wildman–Crippen MR) is 103 cm³/mol. The molecule has 0 bridgehead atoms. The summed E-state index contributed by atoms with van der Waals surface area (Å²) < 4.78 is 29.5. The number of rotatable bonds is 3. The minimum absolute atomic E-state index is 0.198. The third-order valence-corrected chi connectivity index (χ3v) is 5.46. The lowest BCUT2D eigenvalue weighted by molar-refractivity contribution is 0.514. The summed E-state index contributed by atoms with van der Waals surface area (Å²) in [5, 5.41) is 8.86. The summed E-state index contributed by atoms with van der Waals surface area (Å²) in [5.41, 5.74) is 3.46. The number of nitriles is 1. The Hall–Kier alpha value is -2.99. The van der Waals surface area contributed by atoms with Crippen LogP contribution >= 0.6 is 0 Å². The van der Waals surface area contributed by atoms with E-state index in [1.807, 2.05) is 30.3 Å². The Labute approximate surface area is 157 Å². The topological polar surface area (TPSA) is 23.8 Å². The van der Waals surface area contributed by atoms with Crippen LogP contribution in [0.15, 0.2) is 60.7 Å². The molecule has 0 aromatic heterocycles. The zero-order valence-electron chi connectivity index (χ0n) is 14.9. The third-order valence-electron chi connectivity index (χ3n) is 5.46. The average Bonchev–Trinajstić information content (AvgIpc) is 3.25. The highest BCUT2D eigenvalue weighted by atomic mass is 19.2. The third kappa shape index (κ3) is 3.36. The highest BCUT2D eigenvalue weighted by molar-refractivity contribution is 5.72. The summed E-state index contributed by atoms with van der Waals surface area (Å²) in [5.74, 6) is -1.11. The van der Waals surface area contributed by atoms with E-state index in [1.165, 1.54) is 31.2 Å². The van der Waals surface area contributed by atoms with Crippen LogP contribution in [0.1, 0.15) is 42.7 Å². The van der Waals surface area contributed by atoms with Crippen molar-refractivity contribution in [3.05, 3.63) is 83.4 Å². The van der Waals surface area contributed by atoms with E-state index < -0.39 is 11.6 Å². The first-order valence-corrected chi connectivity index (χ1v) is 9.26. The number of hydrogen-bond donors (Lipinski definition) is 0. The smallest absolute Gasteiger partial charge is 0.167 e. The number of nitrogens with zero attached hydrogens (tertiary/aromatic N) is 1. The lowest BCUT2D eigenvalue weighted by Crippen LogP contribution is -1.95. The maximum atomic E-state index is 14.8. The molecule has 0 radical (unpaired) electrons. The normalized spacial score (nSPS) is 14.3. The molecule has 134 valence electrons. The van der Waals surface area contributed by atoms with Crippen molar-refractivity contribution in [2.45, 2.75) is 31.6 Å². The minimum Gasteiger partial charge on any atom is -0.203 e. The molecule has 3 aromatic rings. The van der Waals surface area contributed by atoms with Crippen LogP contribution in [-0.2, 0) is 0 Å². The van der Waals surface area contributed by atoms with Gasteiger partial charge in [-0.25, -0.2) is 8.78 Å². The first-order valence-electron chi connectivity index (χ1n) is 9.26. The molecule has 3 heteroatoms. The summed E-state index contributed by atoms with van der Waals surface area (Å²) >= 11 is 0. The molecule has 0 unspecified atom stereocenters. The van der Waals surface area contributed by atoms with Crippen molar-refractivity contribution >= 4 is 0 Å². The summed E-state index contributed by atoms with van der Waals surface area (Å²) in [6.45, 7) is 0. The van der Waals surface area contributed by atoms with Crippen molar-refractivity contribution < 1.29 is 8.78 Å². The molecule has 1 saturated carbocycles. The van der Waals surface area contributed by atoms with Crippen molar-refractivity contribution in [3.63, 3.8) is 0 Å². The first-order chi connectivity index (χ1) is 13.2. The van der Waals surface area contributed by atoms with Gasteiger partial charge in [0, 0.05) is 11.1 Å². The molecule has 1 aliphatic rings. The quantitative estimate of drug-likeness (QED) is 0.503. The van der Waals surface area contributed by atoms with E-state index in [2.05, 4.69) is 0 Å². The molecule has 0 aliphatic heterocycles. The van der Waals surface area contributed by atoms with Gasteiger partial charge in [0.2, 0.25) is 0 Å². The molecule has 27 heavy (non-hydrogen) atoms. The molecule has 0 atom stereocenters. The standard InChI is InChI=1S/C24H19F2N/c25-23-21(19-7-5-16(15-27)6-8-19)13-14-22(24(23)26)20-11-9-18(10-12-20)17-3-1-2-4-17/h5-14,17H,1-4H2. The minimum atomic E-state index is -0.864. The Balaban J connectivity index is 1.66. The van der Waals surface area contributed by atoms with Crippen LogP contribution in [0.3, 0.4) is 0 Å². The van der Waals surface area contributed by atoms with Gasteiger partial charge < -0.3 is 0 Å². The van der Waals surface area contributed by atoms with Crippen LogP contribution in [0.25, 0.3) is 22.3 Å². The molecule has 1 aliphatic carbocycles. The van der Waals surface area contributed by atoms with E-state index in [-0.39, 0.29) is 11.1 Å². The predicted octanol–water partition coefficient (Wildman–Crippen LogP) is 6.83. The van der Waals surface area contributed by atoms with E-state index in [1.54, 1.807) is 36.4 Å². The second-order valence-electron chi connectivity index (χ2n) is 7.08. The maximum Gasteiger partial charge on any atom is 0.167 e. The van der Waals surface area contributed by atoms with Crippen LogP contribution < -0.4 is 0 Å². The fourth-order valence-corrected chi connectivity index (χ4v) is 3.91. The van der Waals surface area contributed by atoms with E-state index in [0.717, 1.165) is 0 Å². The van der Waals surface area contributed by atoms with E-state index in [9.17, 15) is 8.78 Å². The SMILES string of the molecule is N#Cc1ccc(-c2ccc(-c3ccc(C4CCCC4)cc3)c(F)c2F)cc1. The zero-order chi connectivity index (χ0) is 18.8. The first kappa shape index (κ1) is 17.4. The Morgan fingerprint density at radius 2 is 1.19 bits per heavy atom. The van der Waals surface area contributed by atoms with Gasteiger partial charge in [0.1, 0.15) is 0 Å². The van der Waals surface area contributed by atoms with Gasteiger partial charge in [-0.15, -0.1) is 0 Å². The van der Waals surface area contributed by atoms with Crippen LogP contribution in [0.2, 0.25) is 0 Å². The Morgan fingerprint density at radius 1 is 0.704 bits per heavy atom. The molecular formula is C24H19F2N. The second-order valence-corrected chi connectivity index (χ2v) is 7.08. The average molecular weight is 359 g/mol. The monoisotopic (exact) mass is 359 g/mol. The highest BCUT2D eigenvalue weighted by Crippen LogP contribution is 2.36. The molecule has 0 heterocycles. The Morgan fingerprint density at radius 3 is 1.67 bits per heavy atom. The van der Waals surface area contributed by atoms with Crippen LogP contribution in [0.5, 0.6) is 0 Å². The van der Waals surface area contributed by atoms with Crippen molar-refractivity contribution in [1.82, 2.24) is 0 Å². The highest BCUT2D eigenvalue weighted by Gasteiger charge is 2.19. The largest absolute Gasteiger partial charge is 0.203 e. The molecular weight excluding hydrogens is 340 g/mol. The number of halogens is 2. The zero-order valence-corrected chi connectivity index (χ0v) is 14.9. The lowest BCUT2D eigenvalue weighted by Gasteiger charge is -2.12. The van der Waals surface area contributed by atoms with E-state index in [4.69, 9.17) is 5.26 Å². The maximum absolute atomic E-state index is 14.8. The summed E-state index contributed by atoms with van der Waals surface area (Å²) in [7, 11) is 0. The Kier molecular flexibility index (Phi) is 4.73. The van der Waals surface area contributed by atoms with Crippen molar-refractivity contribution in [2.24, 2.45) is 0 Å². The van der Waals surface area contributed by atoms with E-state index in [0.29, 0.717) is 22.6 Å². The van der Waals surface area contributed by atoms with E-state index >= 15 is 0 Å². The molecule has 0 N–H and O–H groups in total. The van der Waals surface area contributed by atoms with Gasteiger partial charge in [0.25, 0.3) is 0 Å². The summed E-state index contributed by atoms with van der Waals surface area (Å²) in [6, 6.07) is 19.5. The van der Waals surface area contributed by atoms with Gasteiger partial charge in [0.05, 0.1) is 11.6 Å². The second kappa shape index (κ2) is 7.32. The fourth-order valence-electron chi connectivity index (χ4n) is 3.91. The van der Waals surface area contributed by atoms with Crippen LogP contribution in [-0.4, -0.2) is 0 Å². The van der Waals surface area contributed by atoms with Crippen LogP contribution in [0.4, 0.5) is 8.78 Å². The fraction of sp³-hybridized carbons (Fsp3) is 0.208. The summed E-state index contributed by atoms with van der Waals surface area (Å²) in [6.07, 6.45) is 4.95. The molecule has 4 rings (SSSR count). The molecule has 1 nitrogen and oxygen atoms in total. The van der Waals surface area contributed by atoms with Gasteiger partial charge in [-0.1, -0.05) is 61.4 Å². The lowest BCUT2D eigenvalue weighted by atomic mass is 9.94. The van der Waals surface area contributed by atoms with Gasteiger partial charge in [0.15, 0.2) is 11.6 Å². The van der Waals surface area contributed by atoms with Gasteiger partial charge >= 0.3 is 0 Å².